The van der Waals surface area contributed by atoms with Crippen molar-refractivity contribution in [1.29, 1.82) is 0 Å². The van der Waals surface area contributed by atoms with Crippen molar-refractivity contribution in [2.45, 2.75) is 20.9 Å². The lowest BCUT2D eigenvalue weighted by Crippen LogP contribution is -2.19. The summed E-state index contributed by atoms with van der Waals surface area (Å²) in [7, 11) is -0.270. The Morgan fingerprint density at radius 2 is 1.21 bits per heavy atom. The van der Waals surface area contributed by atoms with Gasteiger partial charge < -0.3 is 10.1 Å². The number of halogens is 3. The van der Waals surface area contributed by atoms with Crippen molar-refractivity contribution in [3.05, 3.63) is 115 Å². The van der Waals surface area contributed by atoms with Crippen LogP contribution in [-0.4, -0.2) is 12.5 Å². The Hall–Kier alpha value is -3.71. The van der Waals surface area contributed by atoms with E-state index in [1.807, 2.05) is 60.7 Å². The summed E-state index contributed by atoms with van der Waals surface area (Å²) in [5.74, 6) is -0.540. The molecular formula is C27H21F3NO2S+. The topological polar surface area (TPSA) is 38.3 Å². The fourth-order valence-electron chi connectivity index (χ4n) is 3.28. The minimum absolute atomic E-state index is 0.0601. The quantitative estimate of drug-likeness (QED) is 0.179. The van der Waals surface area contributed by atoms with Gasteiger partial charge in [-0.2, -0.15) is 13.2 Å². The van der Waals surface area contributed by atoms with Crippen LogP contribution in [0.5, 0.6) is 5.75 Å². The molecule has 0 radical (unpaired) electrons. The summed E-state index contributed by atoms with van der Waals surface area (Å²) in [5, 5.41) is 2.99. The van der Waals surface area contributed by atoms with Crippen LogP contribution in [-0.2, 0) is 21.9 Å². The molecule has 0 bridgehead atoms. The fraction of sp³-hybridized carbons (Fsp3) is 0.0741. The lowest BCUT2D eigenvalue weighted by Gasteiger charge is -2.10. The van der Waals surface area contributed by atoms with E-state index in [9.17, 15) is 18.0 Å². The molecule has 0 spiro atoms. The summed E-state index contributed by atoms with van der Waals surface area (Å²) < 4.78 is 43.0. The van der Waals surface area contributed by atoms with Crippen molar-refractivity contribution in [2.75, 3.05) is 11.9 Å². The zero-order valence-electron chi connectivity index (χ0n) is 18.0. The van der Waals surface area contributed by atoms with Gasteiger partial charge in [0.05, 0.1) is 16.5 Å². The van der Waals surface area contributed by atoms with Crippen LogP contribution in [0.1, 0.15) is 5.56 Å². The largest absolute Gasteiger partial charge is 0.425 e. The minimum atomic E-state index is -4.43. The summed E-state index contributed by atoms with van der Waals surface area (Å²) in [6.07, 6.45) is -4.43. The van der Waals surface area contributed by atoms with Crippen molar-refractivity contribution in [2.24, 2.45) is 0 Å². The number of ether oxygens (including phenoxy) is 1. The highest BCUT2D eigenvalue weighted by atomic mass is 32.2. The van der Waals surface area contributed by atoms with E-state index in [-0.39, 0.29) is 23.2 Å². The first kappa shape index (κ1) is 23.4. The van der Waals surface area contributed by atoms with E-state index in [2.05, 4.69) is 29.6 Å². The van der Waals surface area contributed by atoms with Gasteiger partial charge in [0.25, 0.3) is 0 Å². The van der Waals surface area contributed by atoms with Gasteiger partial charge >= 0.3 is 12.1 Å². The van der Waals surface area contributed by atoms with Crippen LogP contribution in [0.3, 0.4) is 0 Å². The molecule has 0 fully saturated rings. The number of nitrogens with one attached hydrogen (secondary N) is 1. The molecule has 4 rings (SSSR count). The van der Waals surface area contributed by atoms with E-state index in [0.717, 1.165) is 34.8 Å². The molecule has 0 saturated heterocycles. The first-order valence-electron chi connectivity index (χ1n) is 10.5. The van der Waals surface area contributed by atoms with Crippen LogP contribution in [0.2, 0.25) is 0 Å². The van der Waals surface area contributed by atoms with Crippen molar-refractivity contribution < 1.29 is 22.7 Å². The molecule has 0 unspecified atom stereocenters. The molecule has 0 aliphatic rings. The number of anilines is 1. The molecule has 0 aliphatic carbocycles. The number of hydrogen-bond donors (Lipinski definition) is 1. The molecule has 172 valence electrons. The van der Waals surface area contributed by atoms with E-state index in [1.54, 1.807) is 0 Å². The maximum atomic E-state index is 12.6. The number of hydrogen-bond acceptors (Lipinski definition) is 3. The summed E-state index contributed by atoms with van der Waals surface area (Å²) in [6, 6.07) is 32.4. The number of carbonyl (C=O) groups is 1. The van der Waals surface area contributed by atoms with Crippen LogP contribution in [0.4, 0.5) is 18.9 Å². The molecule has 0 amide bonds. The highest BCUT2D eigenvalue weighted by Crippen LogP contribution is 2.32. The van der Waals surface area contributed by atoms with Crippen LogP contribution in [0.15, 0.2) is 124 Å². The van der Waals surface area contributed by atoms with E-state index in [0.29, 0.717) is 0 Å². The van der Waals surface area contributed by atoms with Crippen LogP contribution >= 0.6 is 0 Å². The average molecular weight is 481 g/mol. The van der Waals surface area contributed by atoms with Gasteiger partial charge in [-0.15, -0.1) is 0 Å². The Labute approximate surface area is 198 Å². The second-order valence-electron chi connectivity index (χ2n) is 7.31. The smallest absolute Gasteiger partial charge is 0.416 e. The normalized spacial score (nSPS) is 11.3. The fourth-order valence-corrected chi connectivity index (χ4v) is 5.37. The predicted molar refractivity (Wildman–Crippen MR) is 127 cm³/mol. The van der Waals surface area contributed by atoms with Crippen LogP contribution in [0.25, 0.3) is 0 Å². The maximum Gasteiger partial charge on any atom is 0.416 e. The molecule has 3 nitrogen and oxygen atoms in total. The predicted octanol–water partition coefficient (Wildman–Crippen LogP) is 6.82. The van der Waals surface area contributed by atoms with Crippen molar-refractivity contribution in [1.82, 2.24) is 0 Å². The Balaban J connectivity index is 1.40. The highest BCUT2D eigenvalue weighted by molar-refractivity contribution is 7.97. The molecule has 4 aromatic rings. The summed E-state index contributed by atoms with van der Waals surface area (Å²) in [4.78, 5) is 15.6. The molecule has 0 atom stereocenters. The van der Waals surface area contributed by atoms with Crippen molar-refractivity contribution >= 4 is 22.6 Å². The standard InChI is InChI=1S/C27H21F3NO2S/c28-27(29,30)20-11-15-22(16-12-20)33-26(32)19-31-21-13-17-25(18-14-21)34(23-7-3-1-4-8-23)24-9-5-2-6-10-24/h1-18,31H,19H2/q+1. The van der Waals surface area contributed by atoms with Crippen molar-refractivity contribution in [3.8, 4) is 5.75 Å². The third-order valence-electron chi connectivity index (χ3n) is 4.90. The zero-order valence-corrected chi connectivity index (χ0v) is 18.8. The Bertz CT molecular complexity index is 1170. The van der Waals surface area contributed by atoms with Crippen molar-refractivity contribution in [3.63, 3.8) is 0 Å². The second kappa shape index (κ2) is 10.5. The third-order valence-corrected chi connectivity index (χ3v) is 7.13. The monoisotopic (exact) mass is 480 g/mol. The molecule has 1 N–H and O–H groups in total. The van der Waals surface area contributed by atoms with E-state index < -0.39 is 17.7 Å². The highest BCUT2D eigenvalue weighted by Gasteiger charge is 2.30. The van der Waals surface area contributed by atoms with Gasteiger partial charge in [0.1, 0.15) is 12.3 Å². The first-order valence-corrected chi connectivity index (χ1v) is 11.7. The summed E-state index contributed by atoms with van der Waals surface area (Å²) in [5.41, 5.74) is -0.0617. The SMILES string of the molecule is O=C(CNc1ccc([S+](c2ccccc2)c2ccccc2)cc1)Oc1ccc(C(F)(F)F)cc1. The van der Waals surface area contributed by atoms with E-state index in [4.69, 9.17) is 4.74 Å². The Morgan fingerprint density at radius 1 is 0.706 bits per heavy atom. The third kappa shape index (κ3) is 5.99. The molecule has 0 aromatic heterocycles. The Kier molecular flexibility index (Phi) is 7.23. The van der Waals surface area contributed by atoms with Gasteiger partial charge in [-0.05, 0) is 72.8 Å². The van der Waals surface area contributed by atoms with Gasteiger partial charge in [-0.3, -0.25) is 0 Å². The van der Waals surface area contributed by atoms with Crippen LogP contribution in [0, 0.1) is 0 Å². The maximum absolute atomic E-state index is 12.6. The minimum Gasteiger partial charge on any atom is -0.425 e. The molecule has 0 saturated carbocycles. The Morgan fingerprint density at radius 3 is 1.71 bits per heavy atom. The molecule has 0 heterocycles. The lowest BCUT2D eigenvalue weighted by atomic mass is 10.2. The lowest BCUT2D eigenvalue weighted by molar-refractivity contribution is -0.137. The van der Waals surface area contributed by atoms with Gasteiger partial charge in [0.2, 0.25) is 0 Å². The number of esters is 1. The molecular weight excluding hydrogens is 459 g/mol. The van der Waals surface area contributed by atoms with Crippen LogP contribution < -0.4 is 10.1 Å². The van der Waals surface area contributed by atoms with E-state index in [1.165, 1.54) is 9.79 Å². The molecule has 7 heteroatoms. The first-order chi connectivity index (χ1) is 16.4. The van der Waals surface area contributed by atoms with E-state index >= 15 is 0 Å². The van der Waals surface area contributed by atoms with Gasteiger partial charge in [-0.25, -0.2) is 4.79 Å². The van der Waals surface area contributed by atoms with Gasteiger partial charge in [-0.1, -0.05) is 36.4 Å². The second-order valence-corrected chi connectivity index (χ2v) is 9.33. The number of alkyl halides is 3. The zero-order chi connectivity index (χ0) is 24.0. The summed E-state index contributed by atoms with van der Waals surface area (Å²) in [6.45, 7) is -0.122. The molecule has 0 aliphatic heterocycles. The number of carbonyl (C=O) groups excluding carboxylic acids is 1. The molecule has 4 aromatic carbocycles. The van der Waals surface area contributed by atoms with Gasteiger partial charge in [0.15, 0.2) is 14.7 Å². The number of rotatable bonds is 7. The summed E-state index contributed by atoms with van der Waals surface area (Å²) >= 11 is 0. The number of benzene rings is 4. The van der Waals surface area contributed by atoms with Gasteiger partial charge in [0, 0.05) is 5.69 Å². The molecule has 34 heavy (non-hydrogen) atoms. The average Bonchev–Trinajstić information content (AvgIpc) is 2.85.